The second-order valence-corrected chi connectivity index (χ2v) is 7.67. The topological polar surface area (TPSA) is 157 Å². The molecule has 128 valence electrons. The number of hydrogen-bond acceptors (Lipinski definition) is 5. The number of anilines is 1. The molecule has 1 amide bonds. The molecular weight excluding hydrogens is 383 g/mol. The molecule has 0 spiro atoms. The average molecular weight is 398 g/mol. The number of hydrogen-bond donors (Lipinski definition) is 5. The molecule has 0 bridgehead atoms. The van der Waals surface area contributed by atoms with E-state index in [2.05, 4.69) is 10.3 Å². The Balaban J connectivity index is 0.000000272. The maximum atomic E-state index is 11.1. The van der Waals surface area contributed by atoms with Crippen LogP contribution in [0, 0.1) is 0 Å². The third-order valence-electron chi connectivity index (χ3n) is 2.53. The fraction of sp³-hybridized carbons (Fsp3) is 0.0714. The Labute approximate surface area is 139 Å². The third kappa shape index (κ3) is 5.88. The van der Waals surface area contributed by atoms with Gasteiger partial charge in [0.15, 0.2) is 0 Å². The van der Waals surface area contributed by atoms with Crippen LogP contribution in [-0.4, -0.2) is 49.4 Å². The van der Waals surface area contributed by atoms with Crippen LogP contribution in [0.5, 0.6) is 5.75 Å². The van der Waals surface area contributed by atoms with E-state index >= 15 is 0 Å². The number of carbonyl (C=O) groups excluding carboxylic acids is 1. The summed E-state index contributed by atoms with van der Waals surface area (Å²) in [5, 5.41) is 19.9. The molecular formula is C14H15AsN2O7. The van der Waals surface area contributed by atoms with Crippen molar-refractivity contribution in [1.29, 1.82) is 0 Å². The number of carboxylic acids is 1. The van der Waals surface area contributed by atoms with E-state index in [-0.39, 0.29) is 11.3 Å². The molecule has 0 saturated carbocycles. The number of amides is 1. The van der Waals surface area contributed by atoms with Crippen LogP contribution in [0.1, 0.15) is 17.3 Å². The van der Waals surface area contributed by atoms with Crippen molar-refractivity contribution in [3.63, 3.8) is 0 Å². The zero-order valence-corrected chi connectivity index (χ0v) is 14.3. The Bertz CT molecular complexity index is 774. The summed E-state index contributed by atoms with van der Waals surface area (Å²) in [6.07, 6.45) is 2.84. The van der Waals surface area contributed by atoms with E-state index in [4.69, 9.17) is 13.3 Å². The molecule has 0 radical (unpaired) electrons. The first kappa shape index (κ1) is 19.4. The molecule has 1 aromatic heterocycles. The van der Waals surface area contributed by atoms with Gasteiger partial charge in [-0.15, -0.1) is 0 Å². The Morgan fingerprint density at radius 1 is 1.17 bits per heavy atom. The number of aromatic nitrogens is 1. The molecule has 0 aliphatic carbocycles. The molecule has 1 aromatic carbocycles. The molecule has 24 heavy (non-hydrogen) atoms. The number of pyridine rings is 1. The Kier molecular flexibility index (Phi) is 6.72. The van der Waals surface area contributed by atoms with Crippen LogP contribution in [0.3, 0.4) is 0 Å². The van der Waals surface area contributed by atoms with Crippen molar-refractivity contribution in [3.8, 4) is 5.75 Å². The van der Waals surface area contributed by atoms with Crippen molar-refractivity contribution >= 4 is 36.1 Å². The first-order chi connectivity index (χ1) is 11.1. The molecule has 10 heteroatoms. The summed E-state index contributed by atoms with van der Waals surface area (Å²) in [7, 11) is 0. The summed E-state index contributed by atoms with van der Waals surface area (Å²) in [6, 6.07) is 6.94. The molecule has 0 saturated heterocycles. The maximum Gasteiger partial charge on any atom is 0.337 e. The van der Waals surface area contributed by atoms with Gasteiger partial charge in [0, 0.05) is 12.4 Å². The van der Waals surface area contributed by atoms with E-state index < -0.39 is 36.1 Å². The molecule has 1 heterocycles. The van der Waals surface area contributed by atoms with E-state index in [0.29, 0.717) is 0 Å². The minimum Gasteiger partial charge on any atom is -0.478 e. The van der Waals surface area contributed by atoms with E-state index in [1.807, 2.05) is 0 Å². The van der Waals surface area contributed by atoms with Crippen molar-refractivity contribution in [2.24, 2.45) is 0 Å². The normalized spacial score (nSPS) is 10.3. The van der Waals surface area contributed by atoms with Gasteiger partial charge in [0.25, 0.3) is 0 Å². The van der Waals surface area contributed by atoms with Crippen LogP contribution in [0.25, 0.3) is 0 Å². The van der Waals surface area contributed by atoms with Crippen molar-refractivity contribution < 1.29 is 31.7 Å². The zero-order valence-electron chi connectivity index (χ0n) is 12.4. The number of aromatic hydroxyl groups is 1. The number of rotatable bonds is 3. The smallest absolute Gasteiger partial charge is 0.337 e. The largest absolute Gasteiger partial charge is 0.478 e. The predicted octanol–water partition coefficient (Wildman–Crippen LogP) is -0.309. The van der Waals surface area contributed by atoms with Gasteiger partial charge < -0.3 is 5.11 Å². The summed E-state index contributed by atoms with van der Waals surface area (Å²) >= 11 is -5.25. The molecule has 2 rings (SSSR count). The number of aromatic carboxylic acids is 1. The number of benzene rings is 1. The van der Waals surface area contributed by atoms with E-state index in [1.54, 1.807) is 6.07 Å². The Morgan fingerprint density at radius 3 is 2.25 bits per heavy atom. The zero-order chi connectivity index (χ0) is 18.3. The summed E-state index contributed by atoms with van der Waals surface area (Å²) in [5.74, 6) is -1.93. The number of nitrogens with zero attached hydrogens (tertiary/aromatic N) is 1. The van der Waals surface area contributed by atoms with E-state index in [0.717, 1.165) is 6.07 Å². The number of nitrogens with one attached hydrogen (secondary N) is 1. The van der Waals surface area contributed by atoms with Crippen LogP contribution >= 0.6 is 0 Å². The monoisotopic (exact) mass is 398 g/mol. The summed E-state index contributed by atoms with van der Waals surface area (Å²) < 4.78 is 28.6. The first-order valence-electron chi connectivity index (χ1n) is 6.42. The van der Waals surface area contributed by atoms with Crippen LogP contribution in [-0.2, 0) is 8.53 Å². The molecule has 0 aliphatic rings. The van der Waals surface area contributed by atoms with Gasteiger partial charge >= 0.3 is 94.1 Å². The van der Waals surface area contributed by atoms with Crippen LogP contribution in [0.2, 0.25) is 0 Å². The number of phenolic OH excluding ortho intramolecular Hbond substituents is 1. The molecule has 5 N–H and O–H groups in total. The molecule has 2 aromatic rings. The molecule has 0 aliphatic heterocycles. The van der Waals surface area contributed by atoms with Gasteiger partial charge in [0.05, 0.1) is 5.56 Å². The number of phenols is 1. The molecule has 0 unspecified atom stereocenters. The van der Waals surface area contributed by atoms with Gasteiger partial charge in [0.1, 0.15) is 0 Å². The van der Waals surface area contributed by atoms with E-state index in [1.165, 1.54) is 37.5 Å². The number of carboxylic acid groups (broad SMARTS) is 1. The molecule has 0 fully saturated rings. The maximum absolute atomic E-state index is 11.1. The van der Waals surface area contributed by atoms with Crippen molar-refractivity contribution in [2.45, 2.75) is 6.92 Å². The Hall–Kier alpha value is -2.61. The predicted molar refractivity (Wildman–Crippen MR) is 84.1 cm³/mol. The van der Waals surface area contributed by atoms with Crippen molar-refractivity contribution in [1.82, 2.24) is 4.98 Å². The van der Waals surface area contributed by atoms with Gasteiger partial charge in [-0.25, -0.2) is 4.79 Å². The van der Waals surface area contributed by atoms with Crippen LogP contribution in [0.15, 0.2) is 42.7 Å². The third-order valence-corrected chi connectivity index (χ3v) is 4.73. The second kappa shape index (κ2) is 8.30. The fourth-order valence-corrected chi connectivity index (χ4v) is 3.33. The van der Waals surface area contributed by atoms with Gasteiger partial charge in [-0.05, 0) is 12.1 Å². The average Bonchev–Trinajstić information content (AvgIpc) is 2.46. The fourth-order valence-electron chi connectivity index (χ4n) is 1.62. The molecule has 9 nitrogen and oxygen atoms in total. The quantitative estimate of drug-likeness (QED) is 0.441. The molecule has 0 atom stereocenters. The minimum absolute atomic E-state index is 0.0602. The van der Waals surface area contributed by atoms with Crippen LogP contribution in [0.4, 0.5) is 5.69 Å². The van der Waals surface area contributed by atoms with Gasteiger partial charge in [-0.2, -0.15) is 0 Å². The SMILES string of the molecule is CC(=O)Nc1cccc(O)c1[As](=O)(O)O.O=C(O)c1cccnc1. The van der Waals surface area contributed by atoms with Crippen molar-refractivity contribution in [3.05, 3.63) is 48.3 Å². The standard InChI is InChI=1S/C8H10AsNO5.C6H5NO2/c1-5(11)10-6-3-2-4-7(12)8(6)9(13,14)15;8-6(9)5-2-1-3-7-4-5/h2-4,12H,1H3,(H,10,11)(H2,13,14,15);1-4H,(H,8,9). The summed E-state index contributed by atoms with van der Waals surface area (Å²) in [4.78, 5) is 24.6. The van der Waals surface area contributed by atoms with Crippen molar-refractivity contribution in [2.75, 3.05) is 5.32 Å². The first-order valence-corrected chi connectivity index (χ1v) is 9.80. The van der Waals surface area contributed by atoms with Gasteiger partial charge in [0.2, 0.25) is 0 Å². The van der Waals surface area contributed by atoms with Crippen LogP contribution < -0.4 is 9.67 Å². The van der Waals surface area contributed by atoms with Gasteiger partial charge in [-0.3, -0.25) is 4.98 Å². The van der Waals surface area contributed by atoms with Gasteiger partial charge in [-0.1, -0.05) is 0 Å². The number of carbonyl (C=O) groups is 2. The summed E-state index contributed by atoms with van der Waals surface area (Å²) in [5.41, 5.74) is 0.160. The second-order valence-electron chi connectivity index (χ2n) is 4.45. The summed E-state index contributed by atoms with van der Waals surface area (Å²) in [6.45, 7) is 1.21. The Morgan fingerprint density at radius 2 is 1.83 bits per heavy atom. The minimum atomic E-state index is -5.25. The van der Waals surface area contributed by atoms with E-state index in [9.17, 15) is 18.4 Å².